The molecule has 1 amide bonds. The van der Waals surface area contributed by atoms with Crippen LogP contribution < -0.4 is 5.32 Å². The summed E-state index contributed by atoms with van der Waals surface area (Å²) < 4.78 is 25.0. The van der Waals surface area contributed by atoms with Crippen molar-refractivity contribution >= 4 is 21.7 Å². The smallest absolute Gasteiger partial charge is 0.243 e. The summed E-state index contributed by atoms with van der Waals surface area (Å²) >= 11 is 0. The number of aliphatic imine (C=N–C) groups is 1. The van der Waals surface area contributed by atoms with Crippen LogP contribution in [0.25, 0.3) is 0 Å². The van der Waals surface area contributed by atoms with Gasteiger partial charge in [-0.15, -0.1) is 0 Å². The minimum Gasteiger partial charge on any atom is -0.354 e. The number of guanidine groups is 1. The molecule has 1 aliphatic heterocycles. The monoisotopic (exact) mass is 386 g/mol. The Hall–Kier alpha value is -1.31. The molecule has 150 valence electrons. The molecule has 0 aromatic carbocycles. The highest BCUT2D eigenvalue weighted by atomic mass is 32.2. The van der Waals surface area contributed by atoms with E-state index in [4.69, 9.17) is 0 Å². The van der Waals surface area contributed by atoms with E-state index in [9.17, 15) is 13.2 Å². The second kappa shape index (κ2) is 8.59. The molecule has 1 aliphatic carbocycles. The maximum absolute atomic E-state index is 12.8. The van der Waals surface area contributed by atoms with Crippen molar-refractivity contribution in [3.05, 3.63) is 0 Å². The minimum atomic E-state index is -3.09. The molecule has 0 aromatic rings. The molecular formula is C18H34N4O3S. The number of sulfone groups is 1. The van der Waals surface area contributed by atoms with Crippen molar-refractivity contribution in [3.63, 3.8) is 0 Å². The number of nitrogens with one attached hydrogen (secondary N) is 1. The summed E-state index contributed by atoms with van der Waals surface area (Å²) in [6.45, 7) is 5.14. The first-order valence-corrected chi connectivity index (χ1v) is 11.3. The molecule has 2 rings (SSSR count). The van der Waals surface area contributed by atoms with Crippen LogP contribution in [0.2, 0.25) is 0 Å². The largest absolute Gasteiger partial charge is 0.354 e. The molecule has 2 fully saturated rings. The van der Waals surface area contributed by atoms with Gasteiger partial charge >= 0.3 is 0 Å². The third-order valence-corrected chi connectivity index (χ3v) is 8.26. The summed E-state index contributed by atoms with van der Waals surface area (Å²) in [7, 11) is 0.334. The zero-order valence-electron chi connectivity index (χ0n) is 16.6. The van der Waals surface area contributed by atoms with E-state index in [0.717, 1.165) is 38.5 Å². The van der Waals surface area contributed by atoms with E-state index < -0.39 is 14.6 Å². The average Bonchev–Trinajstić information content (AvgIpc) is 2.61. The Labute approximate surface area is 158 Å². The summed E-state index contributed by atoms with van der Waals surface area (Å²) in [5.74, 6) is 0.760. The standard InChI is InChI=1S/C18H34N4O3S/c1-5-15(2)20-17(19-13-16(23)21(3)4)22-11-12-26(24,25)18(14-22)9-7-6-8-10-18/h15H,5-14H2,1-4H3,(H,19,20). The Kier molecular flexibility index (Phi) is 6.93. The summed E-state index contributed by atoms with van der Waals surface area (Å²) in [6, 6.07) is 0.212. The highest BCUT2D eigenvalue weighted by Gasteiger charge is 2.48. The molecule has 1 saturated carbocycles. The van der Waals surface area contributed by atoms with Crippen LogP contribution in [0, 0.1) is 0 Å². The van der Waals surface area contributed by atoms with Gasteiger partial charge in [0.2, 0.25) is 5.91 Å². The lowest BCUT2D eigenvalue weighted by molar-refractivity contribution is -0.127. The quantitative estimate of drug-likeness (QED) is 0.581. The third kappa shape index (κ3) is 4.69. The predicted molar refractivity (Wildman–Crippen MR) is 105 cm³/mol. The molecular weight excluding hydrogens is 352 g/mol. The van der Waals surface area contributed by atoms with Gasteiger partial charge < -0.3 is 15.1 Å². The van der Waals surface area contributed by atoms with Gasteiger partial charge in [-0.05, 0) is 26.2 Å². The minimum absolute atomic E-state index is 0.0644. The average molecular weight is 387 g/mol. The van der Waals surface area contributed by atoms with Gasteiger partial charge in [0.25, 0.3) is 0 Å². The van der Waals surface area contributed by atoms with Gasteiger partial charge in [-0.2, -0.15) is 0 Å². The number of likely N-dealkylation sites (N-methyl/N-ethyl adjacent to an activating group) is 1. The van der Waals surface area contributed by atoms with Gasteiger partial charge in [-0.1, -0.05) is 26.2 Å². The van der Waals surface area contributed by atoms with Crippen LogP contribution in [0.5, 0.6) is 0 Å². The Bertz CT molecular complexity index is 624. The molecule has 0 bridgehead atoms. The van der Waals surface area contributed by atoms with E-state index in [1.165, 1.54) is 4.90 Å². The molecule has 0 aromatic heterocycles. The SMILES string of the molecule is CCC(C)NC(=NCC(=O)N(C)C)N1CCS(=O)(=O)C2(CCCCC2)C1. The summed E-state index contributed by atoms with van der Waals surface area (Å²) in [5, 5.41) is 3.39. The highest BCUT2D eigenvalue weighted by Crippen LogP contribution is 2.38. The summed E-state index contributed by atoms with van der Waals surface area (Å²) in [4.78, 5) is 20.1. The Morgan fingerprint density at radius 1 is 1.27 bits per heavy atom. The van der Waals surface area contributed by atoms with Crippen LogP contribution in [0.4, 0.5) is 0 Å². The van der Waals surface area contributed by atoms with Crippen molar-refractivity contribution in [2.24, 2.45) is 4.99 Å². The first kappa shape index (κ1) is 21.0. The van der Waals surface area contributed by atoms with Crippen LogP contribution in [0.1, 0.15) is 52.4 Å². The molecule has 1 atom stereocenters. The van der Waals surface area contributed by atoms with Crippen LogP contribution in [-0.2, 0) is 14.6 Å². The van der Waals surface area contributed by atoms with E-state index in [-0.39, 0.29) is 24.2 Å². The van der Waals surface area contributed by atoms with Gasteiger partial charge in [0.15, 0.2) is 15.8 Å². The van der Waals surface area contributed by atoms with Crippen LogP contribution in [-0.4, -0.2) is 80.4 Å². The van der Waals surface area contributed by atoms with Gasteiger partial charge in [-0.3, -0.25) is 4.79 Å². The van der Waals surface area contributed by atoms with E-state index in [2.05, 4.69) is 29.1 Å². The lowest BCUT2D eigenvalue weighted by atomic mass is 9.87. The third-order valence-electron chi connectivity index (χ3n) is 5.68. The molecule has 1 unspecified atom stereocenters. The first-order valence-electron chi connectivity index (χ1n) is 9.69. The van der Waals surface area contributed by atoms with Crippen molar-refractivity contribution in [2.45, 2.75) is 63.2 Å². The number of hydrogen-bond acceptors (Lipinski definition) is 4. The lowest BCUT2D eigenvalue weighted by Gasteiger charge is -2.45. The fourth-order valence-electron chi connectivity index (χ4n) is 3.66. The van der Waals surface area contributed by atoms with E-state index >= 15 is 0 Å². The van der Waals surface area contributed by atoms with Gasteiger partial charge in [0, 0.05) is 33.2 Å². The van der Waals surface area contributed by atoms with Crippen molar-refractivity contribution in [3.8, 4) is 0 Å². The number of carbonyl (C=O) groups excluding carboxylic acids is 1. The molecule has 1 spiro atoms. The topological polar surface area (TPSA) is 82.1 Å². The zero-order valence-corrected chi connectivity index (χ0v) is 17.4. The van der Waals surface area contributed by atoms with Crippen molar-refractivity contribution < 1.29 is 13.2 Å². The highest BCUT2D eigenvalue weighted by molar-refractivity contribution is 7.92. The second-order valence-electron chi connectivity index (χ2n) is 7.87. The lowest BCUT2D eigenvalue weighted by Crippen LogP contribution is -2.61. The molecule has 2 aliphatic rings. The molecule has 1 N–H and O–H groups in total. The number of rotatable bonds is 4. The Morgan fingerprint density at radius 3 is 2.50 bits per heavy atom. The number of hydrogen-bond donors (Lipinski definition) is 1. The van der Waals surface area contributed by atoms with E-state index in [0.29, 0.717) is 19.0 Å². The van der Waals surface area contributed by atoms with Crippen molar-refractivity contribution in [1.82, 2.24) is 15.1 Å². The van der Waals surface area contributed by atoms with Crippen LogP contribution in [0.15, 0.2) is 4.99 Å². The number of nitrogens with zero attached hydrogens (tertiary/aromatic N) is 3. The van der Waals surface area contributed by atoms with Crippen LogP contribution >= 0.6 is 0 Å². The summed E-state index contributed by atoms with van der Waals surface area (Å²) in [6.07, 6.45) is 5.45. The molecule has 1 saturated heterocycles. The number of amides is 1. The normalized spacial score (nSPS) is 23.5. The molecule has 8 heteroatoms. The van der Waals surface area contributed by atoms with Crippen LogP contribution in [0.3, 0.4) is 0 Å². The number of carbonyl (C=O) groups is 1. The van der Waals surface area contributed by atoms with Gasteiger partial charge in [0.1, 0.15) is 6.54 Å². The molecule has 26 heavy (non-hydrogen) atoms. The Morgan fingerprint density at radius 2 is 1.92 bits per heavy atom. The van der Waals surface area contributed by atoms with Crippen molar-refractivity contribution in [1.29, 1.82) is 0 Å². The van der Waals surface area contributed by atoms with E-state index in [1.807, 2.05) is 0 Å². The predicted octanol–water partition coefficient (Wildman–Crippen LogP) is 1.25. The zero-order chi connectivity index (χ0) is 19.4. The fourth-order valence-corrected chi connectivity index (χ4v) is 5.82. The van der Waals surface area contributed by atoms with E-state index in [1.54, 1.807) is 14.1 Å². The first-order chi connectivity index (χ1) is 12.2. The molecule has 7 nitrogen and oxygen atoms in total. The Balaban J connectivity index is 2.23. The fraction of sp³-hybridized carbons (Fsp3) is 0.889. The van der Waals surface area contributed by atoms with Gasteiger partial charge in [-0.25, -0.2) is 13.4 Å². The maximum Gasteiger partial charge on any atom is 0.243 e. The molecule has 1 heterocycles. The second-order valence-corrected chi connectivity index (χ2v) is 10.4. The summed E-state index contributed by atoms with van der Waals surface area (Å²) in [5.41, 5.74) is 0. The van der Waals surface area contributed by atoms with Gasteiger partial charge in [0.05, 0.1) is 10.5 Å². The molecule has 0 radical (unpaired) electrons. The van der Waals surface area contributed by atoms with Crippen molar-refractivity contribution in [2.75, 3.05) is 39.5 Å². The maximum atomic E-state index is 12.8.